The minimum atomic E-state index is -3.50. The van der Waals surface area contributed by atoms with Gasteiger partial charge in [-0.25, -0.2) is 8.42 Å². The van der Waals surface area contributed by atoms with Gasteiger partial charge in [-0.15, -0.1) is 23.1 Å². The number of esters is 1. The molecular weight excluding hydrogens is 452 g/mol. The number of rotatable bonds is 7. The summed E-state index contributed by atoms with van der Waals surface area (Å²) in [4.78, 5) is 24.8. The molecule has 0 atom stereocenters. The fourth-order valence-electron chi connectivity index (χ4n) is 2.27. The van der Waals surface area contributed by atoms with Gasteiger partial charge in [-0.05, 0) is 28.1 Å². The van der Waals surface area contributed by atoms with Crippen LogP contribution >= 0.6 is 39.0 Å². The summed E-state index contributed by atoms with van der Waals surface area (Å²) in [6.45, 7) is 1.34. The molecule has 0 aliphatic carbocycles. The van der Waals surface area contributed by atoms with Crippen LogP contribution in [0.25, 0.3) is 0 Å². The Morgan fingerprint density at radius 3 is 2.52 bits per heavy atom. The number of thioether (sulfide) groups is 1. The second-order valence-electron chi connectivity index (χ2n) is 5.22. The summed E-state index contributed by atoms with van der Waals surface area (Å²) in [6, 6.07) is 3.30. The molecule has 0 unspecified atom stereocenters. The highest BCUT2D eigenvalue weighted by Gasteiger charge is 2.30. The second kappa shape index (κ2) is 9.36. The van der Waals surface area contributed by atoms with E-state index in [0.717, 1.165) is 3.79 Å². The molecule has 7 nitrogen and oxygen atoms in total. The van der Waals surface area contributed by atoms with Crippen molar-refractivity contribution < 1.29 is 22.7 Å². The van der Waals surface area contributed by atoms with Crippen LogP contribution in [0.15, 0.2) is 20.1 Å². The molecule has 0 N–H and O–H groups in total. The summed E-state index contributed by atoms with van der Waals surface area (Å²) >= 11 is 5.80. The van der Waals surface area contributed by atoms with Crippen molar-refractivity contribution in [3.05, 3.63) is 15.9 Å². The molecule has 0 aromatic carbocycles. The molecule has 0 spiro atoms. The topological polar surface area (TPSA) is 84.0 Å². The van der Waals surface area contributed by atoms with Crippen LogP contribution in [-0.2, 0) is 24.3 Å². The fraction of sp³-hybridized carbons (Fsp3) is 0.571. The van der Waals surface area contributed by atoms with Crippen molar-refractivity contribution in [2.24, 2.45) is 0 Å². The van der Waals surface area contributed by atoms with Gasteiger partial charge in [0.2, 0.25) is 5.91 Å². The van der Waals surface area contributed by atoms with Gasteiger partial charge in [0.1, 0.15) is 4.21 Å². The van der Waals surface area contributed by atoms with Gasteiger partial charge in [0.25, 0.3) is 10.0 Å². The van der Waals surface area contributed by atoms with Crippen molar-refractivity contribution in [1.82, 2.24) is 9.21 Å². The molecule has 1 fully saturated rings. The number of halogens is 1. The first kappa shape index (κ1) is 20.7. The molecule has 1 amide bonds. The number of nitrogens with zero attached hydrogens (tertiary/aromatic N) is 2. The van der Waals surface area contributed by atoms with E-state index in [2.05, 4.69) is 20.7 Å². The third-order valence-corrected chi connectivity index (χ3v) is 8.56. The number of sulfonamides is 1. The van der Waals surface area contributed by atoms with Crippen molar-refractivity contribution in [1.29, 1.82) is 0 Å². The fourth-order valence-corrected chi connectivity index (χ4v) is 6.61. The molecule has 2 rings (SSSR count). The van der Waals surface area contributed by atoms with E-state index in [9.17, 15) is 18.0 Å². The average Bonchev–Trinajstić information content (AvgIpc) is 3.05. The quantitative estimate of drug-likeness (QED) is 0.444. The SMILES string of the molecule is COC(=O)CSCCC(=O)N1CCN(S(=O)(=O)c2ccc(Br)s2)CC1. The maximum Gasteiger partial charge on any atom is 0.315 e. The lowest BCUT2D eigenvalue weighted by Gasteiger charge is -2.33. The minimum absolute atomic E-state index is 0.0201. The molecule has 25 heavy (non-hydrogen) atoms. The lowest BCUT2D eigenvalue weighted by molar-refractivity contribution is -0.137. The molecule has 11 heteroatoms. The monoisotopic (exact) mass is 470 g/mol. The number of hydrogen-bond acceptors (Lipinski definition) is 7. The molecule has 0 radical (unpaired) electrons. The van der Waals surface area contributed by atoms with E-state index >= 15 is 0 Å². The van der Waals surface area contributed by atoms with Gasteiger partial charge in [-0.1, -0.05) is 0 Å². The Labute approximate surface area is 163 Å². The zero-order valence-electron chi connectivity index (χ0n) is 13.6. The molecule has 0 bridgehead atoms. The number of carbonyl (C=O) groups excluding carboxylic acids is 2. The predicted octanol–water partition coefficient (Wildman–Crippen LogP) is 1.64. The molecular formula is C14H19BrN2O5S3. The van der Waals surface area contributed by atoms with Crippen LogP contribution < -0.4 is 0 Å². The standard InChI is InChI=1S/C14H19BrN2O5S3/c1-22-13(19)10-23-9-4-12(18)16-5-7-17(8-6-16)25(20,21)14-3-2-11(15)24-14/h2-3H,4-10H2,1H3. The molecule has 1 aromatic rings. The van der Waals surface area contributed by atoms with Crippen molar-refractivity contribution in [2.75, 3.05) is 44.8 Å². The number of ether oxygens (including phenoxy) is 1. The highest BCUT2D eigenvalue weighted by atomic mass is 79.9. The van der Waals surface area contributed by atoms with Gasteiger partial charge >= 0.3 is 5.97 Å². The van der Waals surface area contributed by atoms with Gasteiger partial charge in [0.05, 0.1) is 16.6 Å². The molecule has 2 heterocycles. The summed E-state index contributed by atoms with van der Waals surface area (Å²) in [5.74, 6) is 0.437. The lowest BCUT2D eigenvalue weighted by atomic mass is 10.3. The van der Waals surface area contributed by atoms with Crippen molar-refractivity contribution in [2.45, 2.75) is 10.6 Å². The van der Waals surface area contributed by atoms with Crippen molar-refractivity contribution in [3.8, 4) is 0 Å². The zero-order chi connectivity index (χ0) is 18.4. The van der Waals surface area contributed by atoms with Crippen LogP contribution in [-0.4, -0.2) is 74.3 Å². The smallest absolute Gasteiger partial charge is 0.315 e. The van der Waals surface area contributed by atoms with Gasteiger partial charge in [-0.2, -0.15) is 4.31 Å². The Hall–Kier alpha value is -0.620. The maximum absolute atomic E-state index is 12.5. The Balaban J connectivity index is 1.79. The largest absolute Gasteiger partial charge is 0.468 e. The average molecular weight is 471 g/mol. The molecule has 1 aliphatic heterocycles. The van der Waals surface area contributed by atoms with E-state index in [1.807, 2.05) is 0 Å². The number of thiophene rings is 1. The summed E-state index contributed by atoms with van der Waals surface area (Å²) in [5.41, 5.74) is 0. The van der Waals surface area contributed by atoms with Gasteiger partial charge in [0.15, 0.2) is 0 Å². The lowest BCUT2D eigenvalue weighted by Crippen LogP contribution is -2.50. The van der Waals surface area contributed by atoms with Crippen molar-refractivity contribution >= 4 is 60.9 Å². The van der Waals surface area contributed by atoms with Crippen LogP contribution in [0.1, 0.15) is 6.42 Å². The normalized spacial score (nSPS) is 16.0. The number of hydrogen-bond donors (Lipinski definition) is 0. The van der Waals surface area contributed by atoms with Gasteiger partial charge < -0.3 is 9.64 Å². The first-order valence-electron chi connectivity index (χ1n) is 7.52. The first-order valence-corrected chi connectivity index (χ1v) is 11.7. The number of piperazine rings is 1. The highest BCUT2D eigenvalue weighted by Crippen LogP contribution is 2.29. The van der Waals surface area contributed by atoms with E-state index in [1.54, 1.807) is 17.0 Å². The molecule has 1 aliphatic rings. The molecule has 140 valence electrons. The summed E-state index contributed by atoms with van der Waals surface area (Å²) in [5, 5.41) is 0. The highest BCUT2D eigenvalue weighted by molar-refractivity contribution is 9.11. The first-order chi connectivity index (χ1) is 11.8. The van der Waals surface area contributed by atoms with Crippen LogP contribution in [0, 0.1) is 0 Å². The Bertz CT molecular complexity index is 714. The van der Waals surface area contributed by atoms with E-state index in [0.29, 0.717) is 42.6 Å². The maximum atomic E-state index is 12.5. The van der Waals surface area contributed by atoms with E-state index < -0.39 is 10.0 Å². The molecule has 0 saturated carbocycles. The van der Waals surface area contributed by atoms with Crippen LogP contribution in [0.4, 0.5) is 0 Å². The third-order valence-electron chi connectivity index (χ3n) is 3.64. The number of methoxy groups -OCH3 is 1. The summed E-state index contributed by atoms with van der Waals surface area (Å²) < 4.78 is 32.1. The number of carbonyl (C=O) groups is 2. The second-order valence-corrected chi connectivity index (χ2v) is 11.0. The van der Waals surface area contributed by atoms with Gasteiger partial charge in [-0.3, -0.25) is 9.59 Å². The van der Waals surface area contributed by atoms with Crippen LogP contribution in [0.5, 0.6) is 0 Å². The molecule has 1 aromatic heterocycles. The zero-order valence-corrected chi connectivity index (χ0v) is 17.7. The predicted molar refractivity (Wildman–Crippen MR) is 101 cm³/mol. The van der Waals surface area contributed by atoms with E-state index in [-0.39, 0.29) is 17.6 Å². The van der Waals surface area contributed by atoms with E-state index in [4.69, 9.17) is 0 Å². The third kappa shape index (κ3) is 5.68. The molecule has 1 saturated heterocycles. The Morgan fingerprint density at radius 2 is 1.96 bits per heavy atom. The Morgan fingerprint density at radius 1 is 1.28 bits per heavy atom. The Kier molecular flexibility index (Phi) is 7.74. The van der Waals surface area contributed by atoms with Gasteiger partial charge in [0, 0.05) is 38.4 Å². The summed E-state index contributed by atoms with van der Waals surface area (Å²) in [7, 11) is -2.17. The number of amides is 1. The van der Waals surface area contributed by atoms with Crippen molar-refractivity contribution in [3.63, 3.8) is 0 Å². The van der Waals surface area contributed by atoms with Crippen LogP contribution in [0.3, 0.4) is 0 Å². The van der Waals surface area contributed by atoms with Crippen LogP contribution in [0.2, 0.25) is 0 Å². The van der Waals surface area contributed by atoms with E-state index in [1.165, 1.54) is 34.5 Å². The summed E-state index contributed by atoms with van der Waals surface area (Å²) in [6.07, 6.45) is 0.326. The minimum Gasteiger partial charge on any atom is -0.468 e.